The van der Waals surface area contributed by atoms with Gasteiger partial charge in [-0.2, -0.15) is 0 Å². The molecule has 1 aromatic carbocycles. The highest BCUT2D eigenvalue weighted by atomic mass is 16.5. The number of nitrogens with one attached hydrogen (secondary N) is 2. The molecule has 32 heavy (non-hydrogen) atoms. The zero-order valence-electron chi connectivity index (χ0n) is 18.2. The average molecular weight is 440 g/mol. The number of ether oxygens (including phenoxy) is 1. The molecule has 3 amide bonds. The highest BCUT2D eigenvalue weighted by Crippen LogP contribution is 2.60. The van der Waals surface area contributed by atoms with Crippen LogP contribution in [0.3, 0.4) is 0 Å². The summed E-state index contributed by atoms with van der Waals surface area (Å²) in [7, 11) is 1.53. The van der Waals surface area contributed by atoms with Gasteiger partial charge >= 0.3 is 0 Å². The van der Waals surface area contributed by atoms with Crippen LogP contribution in [0.15, 0.2) is 30.0 Å². The summed E-state index contributed by atoms with van der Waals surface area (Å²) in [5, 5.41) is 15.1. The van der Waals surface area contributed by atoms with Gasteiger partial charge in [-0.25, -0.2) is 0 Å². The Labute approximate surface area is 187 Å². The Kier molecular flexibility index (Phi) is 5.20. The predicted molar refractivity (Wildman–Crippen MR) is 118 cm³/mol. The number of amides is 3. The molecule has 4 saturated carbocycles. The van der Waals surface area contributed by atoms with E-state index in [0.29, 0.717) is 34.9 Å². The molecule has 0 saturated heterocycles. The van der Waals surface area contributed by atoms with Gasteiger partial charge in [0.2, 0.25) is 5.91 Å². The minimum atomic E-state index is -0.484. The van der Waals surface area contributed by atoms with Crippen molar-refractivity contribution < 1.29 is 24.2 Å². The quantitative estimate of drug-likeness (QED) is 0.564. The third kappa shape index (κ3) is 3.56. The number of aliphatic hydroxyl groups is 1. The minimum absolute atomic E-state index is 0.0437. The smallest absolute Gasteiger partial charge is 0.277 e. The Hall–Kier alpha value is -2.87. The van der Waals surface area contributed by atoms with Crippen molar-refractivity contribution in [2.45, 2.75) is 38.5 Å². The topological polar surface area (TPSA) is 108 Å². The zero-order chi connectivity index (χ0) is 22.5. The van der Waals surface area contributed by atoms with Gasteiger partial charge in [-0.05, 0) is 68.4 Å². The summed E-state index contributed by atoms with van der Waals surface area (Å²) in [4.78, 5) is 38.7. The Morgan fingerprint density at radius 1 is 1.16 bits per heavy atom. The van der Waals surface area contributed by atoms with Gasteiger partial charge in [-0.15, -0.1) is 0 Å². The number of methoxy groups -OCH3 is 1. The molecule has 1 aromatic rings. The SMILES string of the molecule is COc1cc(NC2=CC(=O)N(CCO)C2=O)ccc1NC(=O)C12CC3CC(CC(C3)C1)C2. The first-order valence-corrected chi connectivity index (χ1v) is 11.4. The lowest BCUT2D eigenvalue weighted by atomic mass is 9.49. The number of benzene rings is 1. The van der Waals surface area contributed by atoms with Gasteiger partial charge < -0.3 is 20.5 Å². The van der Waals surface area contributed by atoms with Crippen LogP contribution in [0.1, 0.15) is 38.5 Å². The van der Waals surface area contributed by atoms with Crippen LogP contribution in [0.25, 0.3) is 0 Å². The maximum atomic E-state index is 13.4. The molecule has 5 aliphatic rings. The zero-order valence-corrected chi connectivity index (χ0v) is 18.2. The lowest BCUT2D eigenvalue weighted by molar-refractivity contribution is -0.140. The predicted octanol–water partition coefficient (Wildman–Crippen LogP) is 2.51. The molecule has 4 fully saturated rings. The molecule has 0 radical (unpaired) electrons. The molecular weight excluding hydrogens is 410 g/mol. The molecule has 1 aliphatic heterocycles. The average Bonchev–Trinajstić information content (AvgIpc) is 3.01. The summed E-state index contributed by atoms with van der Waals surface area (Å²) >= 11 is 0. The minimum Gasteiger partial charge on any atom is -0.494 e. The normalized spacial score (nSPS) is 30.5. The molecule has 8 heteroatoms. The number of anilines is 2. The largest absolute Gasteiger partial charge is 0.494 e. The Balaban J connectivity index is 1.30. The van der Waals surface area contributed by atoms with Gasteiger partial charge in [-0.3, -0.25) is 19.3 Å². The summed E-state index contributed by atoms with van der Waals surface area (Å²) in [5.74, 6) is 1.69. The molecule has 170 valence electrons. The Morgan fingerprint density at radius 2 is 1.81 bits per heavy atom. The highest BCUT2D eigenvalue weighted by molar-refractivity contribution is 6.17. The van der Waals surface area contributed by atoms with Crippen LogP contribution in [-0.4, -0.2) is 48.0 Å². The lowest BCUT2D eigenvalue weighted by Crippen LogP contribution is -2.51. The number of imide groups is 1. The molecular formula is C24H29N3O5. The summed E-state index contributed by atoms with van der Waals surface area (Å²) in [6.07, 6.45) is 8.02. The fraction of sp³-hybridized carbons (Fsp3) is 0.542. The number of carbonyl (C=O) groups excluding carboxylic acids is 3. The van der Waals surface area contributed by atoms with Gasteiger partial charge in [0.15, 0.2) is 0 Å². The van der Waals surface area contributed by atoms with E-state index in [1.807, 2.05) is 0 Å². The van der Waals surface area contributed by atoms with E-state index in [4.69, 9.17) is 9.84 Å². The molecule has 1 heterocycles. The third-order valence-corrected chi connectivity index (χ3v) is 7.58. The van der Waals surface area contributed by atoms with E-state index >= 15 is 0 Å². The van der Waals surface area contributed by atoms with Crippen molar-refractivity contribution in [1.29, 1.82) is 0 Å². The molecule has 3 N–H and O–H groups in total. The van der Waals surface area contributed by atoms with Crippen molar-refractivity contribution in [3.63, 3.8) is 0 Å². The summed E-state index contributed by atoms with van der Waals surface area (Å²) < 4.78 is 5.51. The Morgan fingerprint density at radius 3 is 2.41 bits per heavy atom. The number of aliphatic hydroxyl groups excluding tert-OH is 1. The molecule has 0 atom stereocenters. The maximum absolute atomic E-state index is 13.4. The summed E-state index contributed by atoms with van der Waals surface area (Å²) in [6.45, 7) is -0.331. The third-order valence-electron chi connectivity index (χ3n) is 7.58. The Bertz CT molecular complexity index is 966. The number of nitrogens with zero attached hydrogens (tertiary/aromatic N) is 1. The van der Waals surface area contributed by atoms with Crippen LogP contribution >= 0.6 is 0 Å². The van der Waals surface area contributed by atoms with Gasteiger partial charge in [-0.1, -0.05) is 0 Å². The van der Waals surface area contributed by atoms with Gasteiger partial charge in [0.25, 0.3) is 11.8 Å². The number of rotatable bonds is 7. The second-order valence-electron chi connectivity index (χ2n) is 9.77. The van der Waals surface area contributed by atoms with E-state index in [-0.39, 0.29) is 30.2 Å². The van der Waals surface area contributed by atoms with E-state index in [2.05, 4.69) is 10.6 Å². The molecule has 4 bridgehead atoms. The monoisotopic (exact) mass is 439 g/mol. The standard InChI is InChI=1S/C24H29N3O5/c1-32-20-9-17(25-19-10-21(29)27(4-5-28)22(19)30)2-3-18(20)26-23(31)24-11-14-6-15(12-24)8-16(7-14)13-24/h2-3,9-10,14-16,25,28H,4-8,11-13H2,1H3,(H,26,31). The molecule has 4 aliphatic carbocycles. The molecule has 8 nitrogen and oxygen atoms in total. The van der Waals surface area contributed by atoms with Crippen LogP contribution in [0, 0.1) is 23.2 Å². The number of hydrogen-bond donors (Lipinski definition) is 3. The second kappa shape index (κ2) is 7.92. The number of hydrogen-bond acceptors (Lipinski definition) is 6. The van der Waals surface area contributed by atoms with Crippen LogP contribution in [0.4, 0.5) is 11.4 Å². The molecule has 0 spiro atoms. The van der Waals surface area contributed by atoms with Gasteiger partial charge in [0.05, 0.1) is 31.4 Å². The summed E-state index contributed by atoms with van der Waals surface area (Å²) in [6, 6.07) is 5.20. The van der Waals surface area contributed by atoms with E-state index < -0.39 is 11.8 Å². The van der Waals surface area contributed by atoms with Crippen molar-refractivity contribution in [3.8, 4) is 5.75 Å². The van der Waals surface area contributed by atoms with E-state index in [1.165, 1.54) is 32.4 Å². The highest BCUT2D eigenvalue weighted by Gasteiger charge is 2.54. The van der Waals surface area contributed by atoms with Gasteiger partial charge in [0.1, 0.15) is 11.4 Å². The van der Waals surface area contributed by atoms with E-state index in [1.54, 1.807) is 18.2 Å². The number of β-amino-alcohol motifs (C(OH)–C–C–N with tert-alkyl or cyclic N) is 1. The molecule has 0 unspecified atom stereocenters. The van der Waals surface area contributed by atoms with E-state index in [9.17, 15) is 14.4 Å². The van der Waals surface area contributed by atoms with Crippen molar-refractivity contribution in [2.24, 2.45) is 23.2 Å². The first kappa shape index (κ1) is 21.0. The second-order valence-corrected chi connectivity index (χ2v) is 9.77. The van der Waals surface area contributed by atoms with Gasteiger partial charge in [0, 0.05) is 17.8 Å². The lowest BCUT2D eigenvalue weighted by Gasteiger charge is -2.55. The molecule has 0 aromatic heterocycles. The van der Waals surface area contributed by atoms with E-state index in [0.717, 1.165) is 24.2 Å². The fourth-order valence-electron chi connectivity index (χ4n) is 6.58. The maximum Gasteiger partial charge on any atom is 0.277 e. The van der Waals surface area contributed by atoms with Crippen LogP contribution in [-0.2, 0) is 14.4 Å². The summed E-state index contributed by atoms with van der Waals surface area (Å²) in [5.41, 5.74) is 1.04. The first-order chi connectivity index (χ1) is 15.4. The van der Waals surface area contributed by atoms with Crippen molar-refractivity contribution in [2.75, 3.05) is 30.9 Å². The van der Waals surface area contributed by atoms with Crippen molar-refractivity contribution in [1.82, 2.24) is 4.90 Å². The first-order valence-electron chi connectivity index (χ1n) is 11.4. The fourth-order valence-corrected chi connectivity index (χ4v) is 6.58. The van der Waals surface area contributed by atoms with Crippen LogP contribution in [0.5, 0.6) is 5.75 Å². The molecule has 6 rings (SSSR count). The van der Waals surface area contributed by atoms with Crippen molar-refractivity contribution in [3.05, 3.63) is 30.0 Å². The van der Waals surface area contributed by atoms with Crippen molar-refractivity contribution >= 4 is 29.1 Å². The van der Waals surface area contributed by atoms with Crippen LogP contribution in [0.2, 0.25) is 0 Å². The number of carbonyl (C=O) groups is 3. The van der Waals surface area contributed by atoms with Crippen LogP contribution < -0.4 is 15.4 Å².